The van der Waals surface area contributed by atoms with Crippen LogP contribution < -0.4 is 29.1 Å². The Morgan fingerprint density at radius 2 is 1.80 bits per heavy atom. The van der Waals surface area contributed by atoms with Crippen LogP contribution >= 0.6 is 50.5 Å². The van der Waals surface area contributed by atoms with Crippen LogP contribution in [0.25, 0.3) is 6.08 Å². The van der Waals surface area contributed by atoms with Gasteiger partial charge < -0.3 is 18.9 Å². The van der Waals surface area contributed by atoms with Crippen molar-refractivity contribution in [2.24, 2.45) is 4.99 Å². The normalized spacial score (nSPS) is 14.6. The largest absolute Gasteiger partial charge is 0.493 e. The average molecular weight is 718 g/mol. The Kier molecular flexibility index (Phi) is 9.84. The van der Waals surface area contributed by atoms with Crippen molar-refractivity contribution in [2.75, 3.05) is 20.8 Å². The summed E-state index contributed by atoms with van der Waals surface area (Å²) in [6, 6.07) is 15.2. The third kappa shape index (κ3) is 6.30. The first kappa shape index (κ1) is 31.8. The van der Waals surface area contributed by atoms with Crippen molar-refractivity contribution < 1.29 is 23.7 Å². The van der Waals surface area contributed by atoms with Gasteiger partial charge in [-0.3, -0.25) is 9.36 Å². The molecule has 0 amide bonds. The molecule has 1 aliphatic rings. The lowest BCUT2D eigenvalue weighted by Crippen LogP contribution is -2.40. The third-order valence-corrected chi connectivity index (χ3v) is 9.19. The molecule has 1 aromatic heterocycles. The maximum atomic E-state index is 14.2. The summed E-state index contributed by atoms with van der Waals surface area (Å²) >= 11 is 17.5. The number of aromatic nitrogens is 1. The number of halogens is 3. The summed E-state index contributed by atoms with van der Waals surface area (Å²) in [7, 11) is 3.05. The van der Waals surface area contributed by atoms with E-state index < -0.39 is 12.0 Å². The maximum Gasteiger partial charge on any atom is 0.338 e. The van der Waals surface area contributed by atoms with Crippen molar-refractivity contribution in [3.8, 4) is 17.2 Å². The standard InChI is InChI=1S/C32H27BrCl2N2O6S/c1-5-42-31(39)28-17(2)36-32-37(29(28)21-14-25(40-3)26(41-4)15-22(21)33)30(38)27(44-32)13-19-12-20(34)10-11-24(19)43-16-18-8-6-7-9-23(18)35/h6-15,29H,5,16H2,1-4H3/b27-13-/t29-/m1/s1. The molecule has 8 nitrogen and oxygen atoms in total. The number of carbonyl (C=O) groups is 1. The van der Waals surface area contributed by atoms with Gasteiger partial charge in [0.1, 0.15) is 12.4 Å². The minimum Gasteiger partial charge on any atom is -0.493 e. The molecule has 0 aliphatic carbocycles. The van der Waals surface area contributed by atoms with Gasteiger partial charge in [-0.25, -0.2) is 9.79 Å². The number of methoxy groups -OCH3 is 2. The number of rotatable bonds is 9. The van der Waals surface area contributed by atoms with Gasteiger partial charge in [0.15, 0.2) is 16.3 Å². The lowest BCUT2D eigenvalue weighted by molar-refractivity contribution is -0.139. The van der Waals surface area contributed by atoms with Crippen LogP contribution in [0.2, 0.25) is 10.0 Å². The van der Waals surface area contributed by atoms with E-state index in [0.717, 1.165) is 5.56 Å². The molecule has 1 atom stereocenters. The fourth-order valence-corrected chi connectivity index (χ4v) is 6.79. The van der Waals surface area contributed by atoms with E-state index in [1.807, 2.05) is 18.2 Å². The number of hydrogen-bond donors (Lipinski definition) is 0. The van der Waals surface area contributed by atoms with Gasteiger partial charge in [0.25, 0.3) is 5.56 Å². The first-order chi connectivity index (χ1) is 21.2. The number of esters is 1. The average Bonchev–Trinajstić information content (AvgIpc) is 3.30. The quantitative estimate of drug-likeness (QED) is 0.185. The molecular weight excluding hydrogens is 691 g/mol. The Bertz CT molecular complexity index is 1970. The molecule has 0 saturated heterocycles. The van der Waals surface area contributed by atoms with Crippen molar-refractivity contribution in [3.05, 3.63) is 117 Å². The van der Waals surface area contributed by atoms with E-state index in [4.69, 9.17) is 42.1 Å². The predicted octanol–water partition coefficient (Wildman–Crippen LogP) is 6.46. The van der Waals surface area contributed by atoms with Crippen molar-refractivity contribution in [1.82, 2.24) is 4.57 Å². The summed E-state index contributed by atoms with van der Waals surface area (Å²) in [5, 5.41) is 1.06. The first-order valence-corrected chi connectivity index (χ1v) is 15.8. The van der Waals surface area contributed by atoms with Crippen LogP contribution in [0.3, 0.4) is 0 Å². The van der Waals surface area contributed by atoms with Crippen molar-refractivity contribution in [2.45, 2.75) is 26.5 Å². The van der Waals surface area contributed by atoms with Crippen molar-refractivity contribution >= 4 is 62.5 Å². The van der Waals surface area contributed by atoms with E-state index >= 15 is 0 Å². The second-order valence-corrected chi connectivity index (χ2v) is 12.3. The topological polar surface area (TPSA) is 88.4 Å². The van der Waals surface area contributed by atoms with Crippen molar-refractivity contribution in [1.29, 1.82) is 0 Å². The highest BCUT2D eigenvalue weighted by Crippen LogP contribution is 2.41. The maximum absolute atomic E-state index is 14.2. The van der Waals surface area contributed by atoms with Crippen LogP contribution in [0.5, 0.6) is 17.2 Å². The zero-order valence-electron chi connectivity index (χ0n) is 24.2. The molecule has 3 aromatic carbocycles. The summed E-state index contributed by atoms with van der Waals surface area (Å²) in [6.45, 7) is 3.83. The van der Waals surface area contributed by atoms with E-state index in [2.05, 4.69) is 20.9 Å². The Morgan fingerprint density at radius 3 is 2.50 bits per heavy atom. The van der Waals surface area contributed by atoms with Gasteiger partial charge in [-0.2, -0.15) is 0 Å². The zero-order chi connectivity index (χ0) is 31.5. The molecule has 0 N–H and O–H groups in total. The number of ether oxygens (including phenoxy) is 4. The highest BCUT2D eigenvalue weighted by atomic mass is 79.9. The van der Waals surface area contributed by atoms with Gasteiger partial charge in [-0.15, -0.1) is 0 Å². The number of fused-ring (bicyclic) bond motifs is 1. The molecule has 1 aliphatic heterocycles. The fourth-order valence-electron chi connectivity index (χ4n) is 4.84. The Morgan fingerprint density at radius 1 is 1.07 bits per heavy atom. The minimum atomic E-state index is -0.864. The van der Waals surface area contributed by atoms with E-state index in [9.17, 15) is 9.59 Å². The smallest absolute Gasteiger partial charge is 0.338 e. The third-order valence-electron chi connectivity index (χ3n) is 6.91. The lowest BCUT2D eigenvalue weighted by Gasteiger charge is -2.26. The second kappa shape index (κ2) is 13.6. The molecule has 0 radical (unpaired) electrons. The number of hydrogen-bond acceptors (Lipinski definition) is 8. The molecule has 44 heavy (non-hydrogen) atoms. The summed E-state index contributed by atoms with van der Waals surface area (Å²) in [4.78, 5) is 32.6. The molecular formula is C32H27BrCl2N2O6S. The Labute approximate surface area is 275 Å². The highest BCUT2D eigenvalue weighted by molar-refractivity contribution is 9.10. The number of allylic oxidation sites excluding steroid dienone is 1. The summed E-state index contributed by atoms with van der Waals surface area (Å²) < 4.78 is 25.0. The first-order valence-electron chi connectivity index (χ1n) is 13.4. The molecule has 2 heterocycles. The number of benzene rings is 3. The zero-order valence-corrected chi connectivity index (χ0v) is 28.1. The Balaban J connectivity index is 1.68. The molecule has 0 unspecified atom stereocenters. The van der Waals surface area contributed by atoms with Gasteiger partial charge in [0.2, 0.25) is 0 Å². The molecule has 228 valence electrons. The van der Waals surface area contributed by atoms with E-state index in [-0.39, 0.29) is 24.3 Å². The predicted molar refractivity (Wildman–Crippen MR) is 175 cm³/mol. The monoisotopic (exact) mass is 716 g/mol. The number of thiazole rings is 1. The van der Waals surface area contributed by atoms with Gasteiger partial charge in [-0.1, -0.05) is 68.7 Å². The summed E-state index contributed by atoms with van der Waals surface area (Å²) in [5.41, 5.74) is 2.34. The highest BCUT2D eigenvalue weighted by Gasteiger charge is 2.35. The van der Waals surface area contributed by atoms with Crippen LogP contribution in [0.1, 0.15) is 36.6 Å². The Hall–Kier alpha value is -3.57. The number of carbonyl (C=O) groups excluding carboxylic acids is 1. The van der Waals surface area contributed by atoms with Crippen LogP contribution in [0, 0.1) is 0 Å². The second-order valence-electron chi connectivity index (χ2n) is 9.59. The van der Waals surface area contributed by atoms with Gasteiger partial charge >= 0.3 is 5.97 Å². The molecule has 12 heteroatoms. The van der Waals surface area contributed by atoms with Crippen LogP contribution in [0.15, 0.2) is 80.1 Å². The minimum absolute atomic E-state index is 0.158. The van der Waals surface area contributed by atoms with Crippen LogP contribution in [-0.4, -0.2) is 31.4 Å². The van der Waals surface area contributed by atoms with Gasteiger partial charge in [0.05, 0.1) is 42.7 Å². The van der Waals surface area contributed by atoms with E-state index in [0.29, 0.717) is 57.9 Å². The molecule has 0 saturated carbocycles. The molecule has 0 spiro atoms. The molecule has 4 aromatic rings. The summed E-state index contributed by atoms with van der Waals surface area (Å²) in [6.07, 6.45) is 1.71. The van der Waals surface area contributed by atoms with Crippen molar-refractivity contribution in [3.63, 3.8) is 0 Å². The van der Waals surface area contributed by atoms with E-state index in [1.54, 1.807) is 56.3 Å². The summed E-state index contributed by atoms with van der Waals surface area (Å²) in [5.74, 6) is 0.867. The van der Waals surface area contributed by atoms with Crippen LogP contribution in [-0.2, 0) is 16.1 Å². The van der Waals surface area contributed by atoms with E-state index in [1.165, 1.54) is 30.1 Å². The molecule has 0 bridgehead atoms. The molecule has 5 rings (SSSR count). The van der Waals surface area contributed by atoms with Gasteiger partial charge in [0, 0.05) is 25.6 Å². The fraction of sp³-hybridized carbons (Fsp3) is 0.219. The number of nitrogens with zero attached hydrogens (tertiary/aromatic N) is 2. The molecule has 0 fully saturated rings. The van der Waals surface area contributed by atoms with Gasteiger partial charge in [-0.05, 0) is 61.9 Å². The van der Waals surface area contributed by atoms with Crippen LogP contribution in [0.4, 0.5) is 0 Å². The SMILES string of the molecule is CCOC(=O)C1=C(C)N=c2s/c(=C\c3cc(Cl)ccc3OCc3ccccc3Cl)c(=O)n2[C@@H]1c1cc(OC)c(OC)cc1Br. The lowest BCUT2D eigenvalue weighted by atomic mass is 9.95.